The lowest BCUT2D eigenvalue weighted by atomic mass is 9.94. The molecular formula is C13H23F3N2O. The Morgan fingerprint density at radius 1 is 1.32 bits per heavy atom. The SMILES string of the molecule is CCCC(CCN)CCC(=O)NC1(C(F)(F)F)CC1. The van der Waals surface area contributed by atoms with Crippen LogP contribution < -0.4 is 11.1 Å². The molecule has 0 saturated heterocycles. The Kier molecular flexibility index (Phi) is 5.64. The van der Waals surface area contributed by atoms with Crippen LogP contribution in [-0.4, -0.2) is 24.2 Å². The average Bonchev–Trinajstić information content (AvgIpc) is 3.07. The van der Waals surface area contributed by atoms with Crippen LogP contribution >= 0.6 is 0 Å². The number of hydrogen-bond donors (Lipinski definition) is 2. The van der Waals surface area contributed by atoms with Crippen molar-refractivity contribution >= 4 is 5.91 Å². The van der Waals surface area contributed by atoms with Crippen LogP contribution in [0.5, 0.6) is 0 Å². The molecule has 0 aliphatic heterocycles. The topological polar surface area (TPSA) is 55.1 Å². The number of nitrogens with one attached hydrogen (secondary N) is 1. The molecule has 3 N–H and O–H groups in total. The lowest BCUT2D eigenvalue weighted by Gasteiger charge is -2.21. The first kappa shape index (κ1) is 16.3. The van der Waals surface area contributed by atoms with Gasteiger partial charge in [0.2, 0.25) is 5.91 Å². The average molecular weight is 280 g/mol. The molecule has 19 heavy (non-hydrogen) atoms. The summed E-state index contributed by atoms with van der Waals surface area (Å²) in [6, 6.07) is 0. The van der Waals surface area contributed by atoms with Crippen LogP contribution in [0.4, 0.5) is 13.2 Å². The fourth-order valence-corrected chi connectivity index (χ4v) is 2.35. The van der Waals surface area contributed by atoms with Crippen molar-refractivity contribution in [3.63, 3.8) is 0 Å². The van der Waals surface area contributed by atoms with Gasteiger partial charge in [-0.25, -0.2) is 0 Å². The van der Waals surface area contributed by atoms with Crippen molar-refractivity contribution in [1.29, 1.82) is 0 Å². The molecular weight excluding hydrogens is 257 g/mol. The Balaban J connectivity index is 2.35. The summed E-state index contributed by atoms with van der Waals surface area (Å²) in [6.45, 7) is 2.60. The van der Waals surface area contributed by atoms with Crippen LogP contribution in [-0.2, 0) is 4.79 Å². The largest absolute Gasteiger partial charge is 0.411 e. The number of rotatable bonds is 8. The Labute approximate surface area is 112 Å². The van der Waals surface area contributed by atoms with Gasteiger partial charge >= 0.3 is 6.18 Å². The van der Waals surface area contributed by atoms with E-state index in [-0.39, 0.29) is 19.3 Å². The number of carbonyl (C=O) groups is 1. The molecule has 0 bridgehead atoms. The molecule has 1 aliphatic rings. The summed E-state index contributed by atoms with van der Waals surface area (Å²) in [4.78, 5) is 11.6. The van der Waals surface area contributed by atoms with Crippen LogP contribution in [0.1, 0.15) is 51.9 Å². The minimum absolute atomic E-state index is 0.00340. The second-order valence-corrected chi connectivity index (χ2v) is 5.40. The summed E-state index contributed by atoms with van der Waals surface area (Å²) in [5, 5.41) is 2.15. The third-order valence-electron chi connectivity index (χ3n) is 3.72. The molecule has 3 nitrogen and oxygen atoms in total. The summed E-state index contributed by atoms with van der Waals surface area (Å²) in [5.41, 5.74) is 3.55. The van der Waals surface area contributed by atoms with Crippen molar-refractivity contribution in [2.24, 2.45) is 11.7 Å². The molecule has 112 valence electrons. The molecule has 1 amide bonds. The molecule has 0 aromatic heterocycles. The number of nitrogens with two attached hydrogens (primary N) is 1. The number of amides is 1. The predicted molar refractivity (Wildman–Crippen MR) is 67.5 cm³/mol. The van der Waals surface area contributed by atoms with Crippen LogP contribution in [0.3, 0.4) is 0 Å². The van der Waals surface area contributed by atoms with E-state index in [1.165, 1.54) is 0 Å². The zero-order valence-electron chi connectivity index (χ0n) is 11.4. The van der Waals surface area contributed by atoms with E-state index in [0.717, 1.165) is 19.3 Å². The molecule has 1 aliphatic carbocycles. The molecule has 1 rings (SSSR count). The molecule has 0 heterocycles. The highest BCUT2D eigenvalue weighted by atomic mass is 19.4. The summed E-state index contributed by atoms with van der Waals surface area (Å²) in [6.07, 6.45) is -0.762. The smallest absolute Gasteiger partial charge is 0.342 e. The number of alkyl halides is 3. The van der Waals surface area contributed by atoms with E-state index in [0.29, 0.717) is 18.9 Å². The van der Waals surface area contributed by atoms with Gasteiger partial charge in [-0.15, -0.1) is 0 Å². The number of halogens is 3. The van der Waals surface area contributed by atoms with Crippen molar-refractivity contribution in [1.82, 2.24) is 5.32 Å². The van der Waals surface area contributed by atoms with E-state index >= 15 is 0 Å². The maximum Gasteiger partial charge on any atom is 0.411 e. The number of hydrogen-bond acceptors (Lipinski definition) is 2. The van der Waals surface area contributed by atoms with E-state index in [1.807, 2.05) is 6.92 Å². The maximum atomic E-state index is 12.7. The predicted octanol–water partition coefficient (Wildman–Crippen LogP) is 2.74. The van der Waals surface area contributed by atoms with E-state index in [1.54, 1.807) is 0 Å². The third-order valence-corrected chi connectivity index (χ3v) is 3.72. The Morgan fingerprint density at radius 2 is 1.95 bits per heavy atom. The second-order valence-electron chi connectivity index (χ2n) is 5.40. The zero-order chi connectivity index (χ0) is 14.5. The first-order valence-electron chi connectivity index (χ1n) is 6.92. The Morgan fingerprint density at radius 3 is 2.37 bits per heavy atom. The van der Waals surface area contributed by atoms with Crippen LogP contribution in [0, 0.1) is 5.92 Å². The van der Waals surface area contributed by atoms with Crippen molar-refractivity contribution in [3.05, 3.63) is 0 Å². The van der Waals surface area contributed by atoms with Gasteiger partial charge < -0.3 is 11.1 Å². The second kappa shape index (κ2) is 6.59. The molecule has 6 heteroatoms. The lowest BCUT2D eigenvalue weighted by molar-refractivity contribution is -0.170. The van der Waals surface area contributed by atoms with Crippen LogP contribution in [0.15, 0.2) is 0 Å². The normalized spacial score (nSPS) is 19.0. The van der Waals surface area contributed by atoms with E-state index < -0.39 is 17.6 Å². The van der Waals surface area contributed by atoms with Crippen molar-refractivity contribution in [2.75, 3.05) is 6.54 Å². The molecule has 1 fully saturated rings. The summed E-state index contributed by atoms with van der Waals surface area (Å²) in [7, 11) is 0. The summed E-state index contributed by atoms with van der Waals surface area (Å²) >= 11 is 0. The van der Waals surface area contributed by atoms with Gasteiger partial charge in [0.25, 0.3) is 0 Å². The fraction of sp³-hybridized carbons (Fsp3) is 0.923. The minimum atomic E-state index is -4.33. The van der Waals surface area contributed by atoms with Gasteiger partial charge in [-0.05, 0) is 38.1 Å². The van der Waals surface area contributed by atoms with Gasteiger partial charge in [0.1, 0.15) is 5.54 Å². The van der Waals surface area contributed by atoms with Crippen LogP contribution in [0.25, 0.3) is 0 Å². The van der Waals surface area contributed by atoms with Crippen molar-refractivity contribution in [3.8, 4) is 0 Å². The first-order chi connectivity index (χ1) is 8.84. The van der Waals surface area contributed by atoms with E-state index in [9.17, 15) is 18.0 Å². The molecule has 0 spiro atoms. The maximum absolute atomic E-state index is 12.7. The Bertz CT molecular complexity index is 295. The summed E-state index contributed by atoms with van der Waals surface area (Å²) in [5.74, 6) is -0.158. The van der Waals surface area contributed by atoms with E-state index in [4.69, 9.17) is 5.73 Å². The van der Waals surface area contributed by atoms with Gasteiger partial charge in [-0.2, -0.15) is 13.2 Å². The number of carbonyl (C=O) groups excluding carboxylic acids is 1. The highest BCUT2D eigenvalue weighted by Gasteiger charge is 2.64. The van der Waals surface area contributed by atoms with Gasteiger partial charge in [0, 0.05) is 6.42 Å². The van der Waals surface area contributed by atoms with Crippen LogP contribution in [0.2, 0.25) is 0 Å². The van der Waals surface area contributed by atoms with Gasteiger partial charge in [0.05, 0.1) is 0 Å². The quantitative estimate of drug-likeness (QED) is 0.718. The summed E-state index contributed by atoms with van der Waals surface area (Å²) < 4.78 is 38.0. The van der Waals surface area contributed by atoms with Gasteiger partial charge in [0.15, 0.2) is 0 Å². The zero-order valence-corrected chi connectivity index (χ0v) is 11.4. The monoisotopic (exact) mass is 280 g/mol. The van der Waals surface area contributed by atoms with Crippen molar-refractivity contribution in [2.45, 2.75) is 63.6 Å². The molecule has 1 saturated carbocycles. The first-order valence-corrected chi connectivity index (χ1v) is 6.92. The molecule has 1 atom stereocenters. The van der Waals surface area contributed by atoms with Gasteiger partial charge in [-0.3, -0.25) is 4.79 Å². The van der Waals surface area contributed by atoms with Gasteiger partial charge in [-0.1, -0.05) is 19.8 Å². The highest BCUT2D eigenvalue weighted by molar-refractivity contribution is 5.77. The standard InChI is InChI=1S/C13H23F3N2O/c1-2-3-10(6-9-17)4-5-11(19)18-12(7-8-12)13(14,15)16/h10H,2-9,17H2,1H3,(H,18,19). The molecule has 0 radical (unpaired) electrons. The lowest BCUT2D eigenvalue weighted by Crippen LogP contribution is -2.47. The van der Waals surface area contributed by atoms with Crippen molar-refractivity contribution < 1.29 is 18.0 Å². The highest BCUT2D eigenvalue weighted by Crippen LogP contribution is 2.48. The molecule has 0 aromatic carbocycles. The minimum Gasteiger partial charge on any atom is -0.342 e. The Hall–Kier alpha value is -0.780. The molecule has 0 aromatic rings. The fourth-order valence-electron chi connectivity index (χ4n) is 2.35. The molecule has 1 unspecified atom stereocenters. The van der Waals surface area contributed by atoms with E-state index in [2.05, 4.69) is 5.32 Å². The third kappa shape index (κ3) is 4.67.